The molecule has 0 aromatic heterocycles. The SMILES string of the molecule is O=C1C(N=Nc2ccc(S(=O)(=O)[O-])cc2)C(c2ccc([N+](=O)[O-])cc2)=NN1c1ccccc1. The molecule has 3 aromatic carbocycles. The molecule has 0 N–H and O–H groups in total. The first-order valence-corrected chi connectivity index (χ1v) is 10.8. The Labute approximate surface area is 187 Å². The summed E-state index contributed by atoms with van der Waals surface area (Å²) in [5, 5.41) is 24.6. The van der Waals surface area contributed by atoms with Crippen LogP contribution in [0.4, 0.5) is 17.1 Å². The number of amides is 1. The van der Waals surface area contributed by atoms with E-state index in [0.717, 1.165) is 12.1 Å². The van der Waals surface area contributed by atoms with E-state index in [1.165, 1.54) is 41.4 Å². The number of carbonyl (C=O) groups excluding carboxylic acids is 1. The number of hydrazone groups is 1. The number of benzene rings is 3. The standard InChI is InChI=1S/C21H15N5O6S/c27-21-20(23-22-15-8-12-18(13-9-15)33(30,31)32)19(14-6-10-17(11-7-14)26(28)29)24-25(21)16-4-2-1-3-5-16/h1-13,20H,(H,30,31,32)/p-1. The van der Waals surface area contributed by atoms with Gasteiger partial charge in [0.15, 0.2) is 6.04 Å². The molecule has 1 unspecified atom stereocenters. The van der Waals surface area contributed by atoms with Crippen molar-refractivity contribution in [2.75, 3.05) is 5.01 Å². The van der Waals surface area contributed by atoms with Crippen LogP contribution in [0, 0.1) is 10.1 Å². The number of para-hydroxylation sites is 1. The predicted molar refractivity (Wildman–Crippen MR) is 116 cm³/mol. The van der Waals surface area contributed by atoms with E-state index in [4.69, 9.17) is 0 Å². The molecule has 1 heterocycles. The van der Waals surface area contributed by atoms with Gasteiger partial charge < -0.3 is 4.55 Å². The average molecular weight is 464 g/mol. The van der Waals surface area contributed by atoms with Gasteiger partial charge in [-0.15, -0.1) is 0 Å². The maximum Gasteiger partial charge on any atom is 0.280 e. The molecule has 0 saturated heterocycles. The summed E-state index contributed by atoms with van der Waals surface area (Å²) in [4.78, 5) is 23.1. The van der Waals surface area contributed by atoms with Crippen LogP contribution >= 0.6 is 0 Å². The van der Waals surface area contributed by atoms with Crippen molar-refractivity contribution in [2.45, 2.75) is 10.9 Å². The number of anilines is 1. The Kier molecular flexibility index (Phi) is 5.77. The van der Waals surface area contributed by atoms with Crippen molar-refractivity contribution in [1.82, 2.24) is 0 Å². The van der Waals surface area contributed by atoms with Gasteiger partial charge in [-0.1, -0.05) is 18.2 Å². The molecule has 33 heavy (non-hydrogen) atoms. The number of nitrogens with zero attached hydrogens (tertiary/aromatic N) is 5. The van der Waals surface area contributed by atoms with E-state index < -0.39 is 31.9 Å². The smallest absolute Gasteiger partial charge is 0.280 e. The third kappa shape index (κ3) is 4.66. The van der Waals surface area contributed by atoms with Crippen LogP contribution in [-0.4, -0.2) is 35.6 Å². The highest BCUT2D eigenvalue weighted by molar-refractivity contribution is 7.85. The van der Waals surface area contributed by atoms with Gasteiger partial charge in [-0.2, -0.15) is 20.3 Å². The van der Waals surface area contributed by atoms with Crippen LogP contribution in [0.5, 0.6) is 0 Å². The monoisotopic (exact) mass is 464 g/mol. The number of hydrogen-bond donors (Lipinski definition) is 0. The van der Waals surface area contributed by atoms with Crippen molar-refractivity contribution in [3.63, 3.8) is 0 Å². The van der Waals surface area contributed by atoms with E-state index in [0.29, 0.717) is 11.3 Å². The predicted octanol–water partition coefficient (Wildman–Crippen LogP) is 3.40. The lowest BCUT2D eigenvalue weighted by atomic mass is 10.0. The van der Waals surface area contributed by atoms with Crippen molar-refractivity contribution >= 4 is 38.8 Å². The van der Waals surface area contributed by atoms with Crippen molar-refractivity contribution < 1.29 is 22.7 Å². The van der Waals surface area contributed by atoms with Gasteiger partial charge >= 0.3 is 0 Å². The zero-order chi connectivity index (χ0) is 23.6. The Bertz CT molecular complexity index is 1370. The first-order chi connectivity index (χ1) is 15.7. The van der Waals surface area contributed by atoms with Crippen LogP contribution in [-0.2, 0) is 14.9 Å². The molecule has 11 nitrogen and oxygen atoms in total. The molecule has 1 aliphatic heterocycles. The van der Waals surface area contributed by atoms with Crippen LogP contribution < -0.4 is 5.01 Å². The Morgan fingerprint density at radius 1 is 0.939 bits per heavy atom. The summed E-state index contributed by atoms with van der Waals surface area (Å²) in [5.74, 6) is -0.489. The summed E-state index contributed by atoms with van der Waals surface area (Å²) in [7, 11) is -4.60. The summed E-state index contributed by atoms with van der Waals surface area (Å²) in [6, 6.07) is 17.8. The van der Waals surface area contributed by atoms with Crippen LogP contribution in [0.3, 0.4) is 0 Å². The third-order valence-electron chi connectivity index (χ3n) is 4.70. The van der Waals surface area contributed by atoms with Gasteiger partial charge in [0.2, 0.25) is 0 Å². The van der Waals surface area contributed by atoms with E-state index >= 15 is 0 Å². The zero-order valence-corrected chi connectivity index (χ0v) is 17.5. The van der Waals surface area contributed by atoms with Crippen LogP contribution in [0.15, 0.2) is 99.1 Å². The van der Waals surface area contributed by atoms with Crippen molar-refractivity contribution in [2.24, 2.45) is 15.3 Å². The summed E-state index contributed by atoms with van der Waals surface area (Å²) in [5.41, 5.74) is 1.29. The molecule has 3 aromatic rings. The fourth-order valence-corrected chi connectivity index (χ4v) is 3.55. The Balaban J connectivity index is 1.69. The molecule has 0 aliphatic carbocycles. The number of nitro benzene ring substituents is 1. The maximum absolute atomic E-state index is 13.1. The number of carbonyl (C=O) groups is 1. The van der Waals surface area contributed by atoms with Gasteiger partial charge in [0.25, 0.3) is 11.6 Å². The molecule has 1 aliphatic rings. The van der Waals surface area contributed by atoms with Gasteiger partial charge in [-0.25, -0.2) is 8.42 Å². The number of rotatable bonds is 6. The van der Waals surface area contributed by atoms with E-state index in [1.54, 1.807) is 30.3 Å². The van der Waals surface area contributed by atoms with Gasteiger partial charge in [-0.3, -0.25) is 14.9 Å². The Morgan fingerprint density at radius 3 is 2.15 bits per heavy atom. The molecule has 0 fully saturated rings. The molecular weight excluding hydrogens is 450 g/mol. The second-order valence-corrected chi connectivity index (χ2v) is 8.22. The van der Waals surface area contributed by atoms with Crippen molar-refractivity contribution in [1.29, 1.82) is 0 Å². The molecule has 166 valence electrons. The highest BCUT2D eigenvalue weighted by Crippen LogP contribution is 2.27. The number of azo groups is 1. The van der Waals surface area contributed by atoms with Crippen molar-refractivity contribution in [3.05, 3.63) is 94.5 Å². The molecule has 0 bridgehead atoms. The minimum Gasteiger partial charge on any atom is -0.744 e. The molecule has 0 radical (unpaired) electrons. The summed E-state index contributed by atoms with van der Waals surface area (Å²) in [6.45, 7) is 0. The molecule has 0 spiro atoms. The van der Waals surface area contributed by atoms with E-state index in [-0.39, 0.29) is 17.1 Å². The lowest BCUT2D eigenvalue weighted by Gasteiger charge is -2.11. The summed E-state index contributed by atoms with van der Waals surface area (Å²) < 4.78 is 33.2. The molecule has 0 saturated carbocycles. The van der Waals surface area contributed by atoms with Gasteiger partial charge in [0.05, 0.1) is 21.2 Å². The lowest BCUT2D eigenvalue weighted by Crippen LogP contribution is -2.30. The normalized spacial score (nSPS) is 16.3. The summed E-state index contributed by atoms with van der Waals surface area (Å²) in [6.07, 6.45) is 0. The topological polar surface area (TPSA) is 158 Å². The first-order valence-electron chi connectivity index (χ1n) is 9.43. The van der Waals surface area contributed by atoms with Crippen molar-refractivity contribution in [3.8, 4) is 0 Å². The maximum atomic E-state index is 13.1. The van der Waals surface area contributed by atoms with Crippen LogP contribution in [0.1, 0.15) is 5.56 Å². The molecule has 4 rings (SSSR count). The lowest BCUT2D eigenvalue weighted by molar-refractivity contribution is -0.384. The van der Waals surface area contributed by atoms with Crippen LogP contribution in [0.2, 0.25) is 0 Å². The molecule has 1 amide bonds. The fraction of sp³-hybridized carbons (Fsp3) is 0.0476. The third-order valence-corrected chi connectivity index (χ3v) is 5.55. The Morgan fingerprint density at radius 2 is 1.58 bits per heavy atom. The Hall–Kier alpha value is -4.29. The number of nitro groups is 1. The van der Waals surface area contributed by atoms with E-state index in [9.17, 15) is 27.9 Å². The number of non-ortho nitro benzene ring substituents is 1. The molecule has 12 heteroatoms. The zero-order valence-electron chi connectivity index (χ0n) is 16.7. The van der Waals surface area contributed by atoms with E-state index in [2.05, 4.69) is 15.3 Å². The quantitative estimate of drug-likeness (QED) is 0.235. The molecule has 1 atom stereocenters. The van der Waals surface area contributed by atoms with Crippen LogP contribution in [0.25, 0.3) is 0 Å². The molecular formula is C21H14N5O6S-. The minimum absolute atomic E-state index is 0.116. The largest absolute Gasteiger partial charge is 0.744 e. The highest BCUT2D eigenvalue weighted by atomic mass is 32.2. The number of hydrogen-bond acceptors (Lipinski definition) is 9. The van der Waals surface area contributed by atoms with Gasteiger partial charge in [0.1, 0.15) is 15.8 Å². The second kappa shape index (κ2) is 8.68. The van der Waals surface area contributed by atoms with Gasteiger partial charge in [-0.05, 0) is 48.5 Å². The second-order valence-electron chi connectivity index (χ2n) is 6.84. The van der Waals surface area contributed by atoms with E-state index in [1.807, 2.05) is 0 Å². The first kappa shape index (κ1) is 21.9. The van der Waals surface area contributed by atoms with Gasteiger partial charge in [0, 0.05) is 17.7 Å². The average Bonchev–Trinajstić information content (AvgIpc) is 3.14. The fourth-order valence-electron chi connectivity index (χ4n) is 3.08. The highest BCUT2D eigenvalue weighted by Gasteiger charge is 2.38. The summed E-state index contributed by atoms with van der Waals surface area (Å²) >= 11 is 0. The minimum atomic E-state index is -4.60.